The Morgan fingerprint density at radius 2 is 2.26 bits per heavy atom. The number of nitrogens with one attached hydrogen (secondary N) is 1. The van der Waals surface area contributed by atoms with Crippen LogP contribution in [0.25, 0.3) is 10.9 Å². The minimum atomic E-state index is -0.211. The normalized spacial score (nSPS) is 15.4. The number of ketones is 1. The minimum absolute atomic E-state index is 0.186. The molecule has 0 spiro atoms. The molecular weight excluding hydrogens is 243 g/mol. The smallest absolute Gasteiger partial charge is 0.158 e. The second kappa shape index (κ2) is 4.88. The van der Waals surface area contributed by atoms with Crippen molar-refractivity contribution in [3.63, 3.8) is 0 Å². The van der Waals surface area contributed by atoms with Gasteiger partial charge in [-0.25, -0.2) is 4.39 Å². The number of hydrogen-bond donors (Lipinski definition) is 1. The van der Waals surface area contributed by atoms with E-state index < -0.39 is 0 Å². The molecule has 0 atom stereocenters. The standard InChI is InChI=1S/C15H15FN2O/c16-12-1-2-15-14(9-12)11(10-17-15)3-6-18-7-4-13(19)5-8-18/h1-2,4,7,9-10,17H,3,5-6,8H2. The molecule has 0 saturated heterocycles. The minimum Gasteiger partial charge on any atom is -0.376 e. The van der Waals surface area contributed by atoms with E-state index in [1.165, 1.54) is 6.07 Å². The summed E-state index contributed by atoms with van der Waals surface area (Å²) in [4.78, 5) is 16.4. The fourth-order valence-electron chi connectivity index (χ4n) is 2.41. The first-order valence-corrected chi connectivity index (χ1v) is 6.43. The third-order valence-electron chi connectivity index (χ3n) is 3.51. The zero-order chi connectivity index (χ0) is 13.2. The van der Waals surface area contributed by atoms with E-state index in [1.807, 2.05) is 12.4 Å². The summed E-state index contributed by atoms with van der Waals surface area (Å²) in [5, 5.41) is 0.942. The number of aromatic nitrogens is 1. The zero-order valence-corrected chi connectivity index (χ0v) is 10.5. The maximum Gasteiger partial charge on any atom is 0.158 e. The number of rotatable bonds is 3. The molecule has 1 aliphatic rings. The molecule has 0 unspecified atom stereocenters. The summed E-state index contributed by atoms with van der Waals surface area (Å²) in [5.41, 5.74) is 2.07. The SMILES string of the molecule is O=C1C=CN(CCc2c[nH]c3ccc(F)cc23)CC1. The van der Waals surface area contributed by atoms with Gasteiger partial charge in [0.15, 0.2) is 5.78 Å². The van der Waals surface area contributed by atoms with Crippen molar-refractivity contribution in [1.82, 2.24) is 9.88 Å². The number of halogens is 1. The van der Waals surface area contributed by atoms with E-state index >= 15 is 0 Å². The van der Waals surface area contributed by atoms with Crippen LogP contribution >= 0.6 is 0 Å². The largest absolute Gasteiger partial charge is 0.376 e. The first-order chi connectivity index (χ1) is 9.22. The van der Waals surface area contributed by atoms with Crippen LogP contribution in [0, 0.1) is 5.82 Å². The summed E-state index contributed by atoms with van der Waals surface area (Å²) in [6, 6.07) is 4.78. The first-order valence-electron chi connectivity index (χ1n) is 6.43. The molecule has 98 valence electrons. The summed E-state index contributed by atoms with van der Waals surface area (Å²) in [7, 11) is 0. The average molecular weight is 258 g/mol. The number of carbonyl (C=O) groups excluding carboxylic acids is 1. The number of hydrogen-bond acceptors (Lipinski definition) is 2. The molecule has 0 fully saturated rings. The van der Waals surface area contributed by atoms with Crippen molar-refractivity contribution in [2.45, 2.75) is 12.8 Å². The highest BCUT2D eigenvalue weighted by Gasteiger charge is 2.10. The van der Waals surface area contributed by atoms with Gasteiger partial charge in [-0.3, -0.25) is 4.79 Å². The number of fused-ring (bicyclic) bond motifs is 1. The van der Waals surface area contributed by atoms with Crippen LogP contribution in [0.5, 0.6) is 0 Å². The van der Waals surface area contributed by atoms with Crippen LogP contribution in [0.4, 0.5) is 4.39 Å². The molecule has 1 aliphatic heterocycles. The second-order valence-electron chi connectivity index (χ2n) is 4.82. The van der Waals surface area contributed by atoms with Gasteiger partial charge in [0, 0.05) is 42.8 Å². The number of aromatic amines is 1. The number of H-pyrrole nitrogens is 1. The fourth-order valence-corrected chi connectivity index (χ4v) is 2.41. The van der Waals surface area contributed by atoms with Crippen molar-refractivity contribution in [1.29, 1.82) is 0 Å². The van der Waals surface area contributed by atoms with Gasteiger partial charge < -0.3 is 9.88 Å². The predicted molar refractivity (Wildman–Crippen MR) is 72.3 cm³/mol. The highest BCUT2D eigenvalue weighted by Crippen LogP contribution is 2.20. The molecule has 1 N–H and O–H groups in total. The molecule has 2 heterocycles. The van der Waals surface area contributed by atoms with Crippen LogP contribution in [0.15, 0.2) is 36.7 Å². The molecule has 19 heavy (non-hydrogen) atoms. The monoisotopic (exact) mass is 258 g/mol. The van der Waals surface area contributed by atoms with Crippen molar-refractivity contribution in [3.05, 3.63) is 48.1 Å². The Morgan fingerprint density at radius 3 is 3.05 bits per heavy atom. The van der Waals surface area contributed by atoms with E-state index in [4.69, 9.17) is 0 Å². The van der Waals surface area contributed by atoms with Gasteiger partial charge in [0.2, 0.25) is 0 Å². The van der Waals surface area contributed by atoms with Crippen molar-refractivity contribution in [3.8, 4) is 0 Å². The lowest BCUT2D eigenvalue weighted by Crippen LogP contribution is -2.26. The maximum absolute atomic E-state index is 13.3. The maximum atomic E-state index is 13.3. The molecule has 0 radical (unpaired) electrons. The van der Waals surface area contributed by atoms with E-state index in [1.54, 1.807) is 18.2 Å². The molecule has 0 bridgehead atoms. The van der Waals surface area contributed by atoms with Crippen LogP contribution in [-0.2, 0) is 11.2 Å². The highest BCUT2D eigenvalue weighted by atomic mass is 19.1. The molecule has 0 amide bonds. The molecule has 3 rings (SSSR count). The Kier molecular flexibility index (Phi) is 3.07. The van der Waals surface area contributed by atoms with Gasteiger partial charge in [0.1, 0.15) is 5.82 Å². The number of benzene rings is 1. The summed E-state index contributed by atoms with van der Waals surface area (Å²) < 4.78 is 13.3. The molecule has 3 nitrogen and oxygen atoms in total. The van der Waals surface area contributed by atoms with E-state index in [2.05, 4.69) is 9.88 Å². The third kappa shape index (κ3) is 2.52. The average Bonchev–Trinajstić information content (AvgIpc) is 2.80. The van der Waals surface area contributed by atoms with Gasteiger partial charge in [-0.1, -0.05) is 0 Å². The van der Waals surface area contributed by atoms with E-state index in [9.17, 15) is 9.18 Å². The molecule has 1 aromatic heterocycles. The molecule has 1 aromatic carbocycles. The Hall–Kier alpha value is -2.10. The topological polar surface area (TPSA) is 36.1 Å². The highest BCUT2D eigenvalue weighted by molar-refractivity contribution is 5.90. The Balaban J connectivity index is 1.73. The third-order valence-corrected chi connectivity index (χ3v) is 3.51. The van der Waals surface area contributed by atoms with Gasteiger partial charge in [0.25, 0.3) is 0 Å². The van der Waals surface area contributed by atoms with Crippen molar-refractivity contribution < 1.29 is 9.18 Å². The number of nitrogens with zero attached hydrogens (tertiary/aromatic N) is 1. The van der Waals surface area contributed by atoms with E-state index in [-0.39, 0.29) is 11.6 Å². The Morgan fingerprint density at radius 1 is 1.37 bits per heavy atom. The predicted octanol–water partition coefficient (Wildman–Crippen LogP) is 2.64. The quantitative estimate of drug-likeness (QED) is 0.918. The fraction of sp³-hybridized carbons (Fsp3) is 0.267. The molecule has 0 saturated carbocycles. The lowest BCUT2D eigenvalue weighted by molar-refractivity contribution is -0.115. The van der Waals surface area contributed by atoms with Gasteiger partial charge in [0.05, 0.1) is 0 Å². The summed E-state index contributed by atoms with van der Waals surface area (Å²) >= 11 is 0. The Bertz CT molecular complexity index is 645. The second-order valence-corrected chi connectivity index (χ2v) is 4.82. The lowest BCUT2D eigenvalue weighted by Gasteiger charge is -2.22. The van der Waals surface area contributed by atoms with E-state index in [0.29, 0.717) is 6.42 Å². The van der Waals surface area contributed by atoms with Crippen LogP contribution in [-0.4, -0.2) is 28.8 Å². The summed E-state index contributed by atoms with van der Waals surface area (Å²) in [6.45, 7) is 1.61. The van der Waals surface area contributed by atoms with Gasteiger partial charge >= 0.3 is 0 Å². The van der Waals surface area contributed by atoms with Gasteiger partial charge in [-0.05, 0) is 36.3 Å². The number of allylic oxidation sites excluding steroid dienone is 1. The van der Waals surface area contributed by atoms with Crippen LogP contribution in [0.1, 0.15) is 12.0 Å². The summed E-state index contributed by atoms with van der Waals surface area (Å²) in [5.74, 6) is -0.0257. The van der Waals surface area contributed by atoms with Crippen LogP contribution in [0.2, 0.25) is 0 Å². The van der Waals surface area contributed by atoms with Crippen LogP contribution in [0.3, 0.4) is 0 Å². The molecular formula is C15H15FN2O. The first kappa shape index (κ1) is 12.0. The zero-order valence-electron chi connectivity index (χ0n) is 10.5. The summed E-state index contributed by atoms with van der Waals surface area (Å²) in [6.07, 6.45) is 6.82. The van der Waals surface area contributed by atoms with Crippen molar-refractivity contribution in [2.75, 3.05) is 13.1 Å². The molecule has 2 aromatic rings. The van der Waals surface area contributed by atoms with E-state index in [0.717, 1.165) is 36.0 Å². The molecule has 4 heteroatoms. The molecule has 0 aliphatic carbocycles. The lowest BCUT2D eigenvalue weighted by atomic mass is 10.1. The number of carbonyl (C=O) groups is 1. The van der Waals surface area contributed by atoms with Crippen molar-refractivity contribution >= 4 is 16.7 Å². The van der Waals surface area contributed by atoms with Gasteiger partial charge in [-0.15, -0.1) is 0 Å². The van der Waals surface area contributed by atoms with Crippen molar-refractivity contribution in [2.24, 2.45) is 0 Å². The Labute approximate surface area is 110 Å². The van der Waals surface area contributed by atoms with Crippen LogP contribution < -0.4 is 0 Å². The van der Waals surface area contributed by atoms with Gasteiger partial charge in [-0.2, -0.15) is 0 Å².